The Hall–Kier alpha value is -2.33. The number of nitrogens with one attached hydrogen (secondary N) is 3. The molecule has 2 fully saturated rings. The van der Waals surface area contributed by atoms with Gasteiger partial charge < -0.3 is 25.4 Å². The quantitative estimate of drug-likeness (QED) is 0.541. The molecular weight excluding hydrogens is 461 g/mol. The van der Waals surface area contributed by atoms with Crippen molar-refractivity contribution in [1.29, 1.82) is 0 Å². The lowest BCUT2D eigenvalue weighted by Gasteiger charge is -2.36. The van der Waals surface area contributed by atoms with Crippen molar-refractivity contribution in [2.45, 2.75) is 44.8 Å². The van der Waals surface area contributed by atoms with Gasteiger partial charge in [0.05, 0.1) is 35.6 Å². The lowest BCUT2D eigenvalue weighted by Crippen LogP contribution is -2.45. The Labute approximate surface area is 204 Å². The van der Waals surface area contributed by atoms with Crippen LogP contribution in [0.15, 0.2) is 24.4 Å². The first-order valence-electron chi connectivity index (χ1n) is 11.6. The van der Waals surface area contributed by atoms with E-state index in [-0.39, 0.29) is 17.8 Å². The van der Waals surface area contributed by atoms with Crippen molar-refractivity contribution in [3.05, 3.63) is 35.2 Å². The van der Waals surface area contributed by atoms with Crippen LogP contribution < -0.4 is 16.0 Å². The topological polar surface area (TPSA) is 97.4 Å². The van der Waals surface area contributed by atoms with Gasteiger partial charge in [0.2, 0.25) is 5.91 Å². The zero-order chi connectivity index (χ0) is 24.1. The molecule has 2 saturated heterocycles. The van der Waals surface area contributed by atoms with E-state index >= 15 is 0 Å². The normalized spacial score (nSPS) is 22.2. The van der Waals surface area contributed by atoms with Gasteiger partial charge in [-0.1, -0.05) is 11.6 Å². The van der Waals surface area contributed by atoms with E-state index < -0.39 is 11.4 Å². The van der Waals surface area contributed by atoms with Gasteiger partial charge in [-0.25, -0.2) is 14.4 Å². The molecule has 2 aliphatic heterocycles. The first-order chi connectivity index (χ1) is 16.3. The minimum atomic E-state index is -0.487. The SMILES string of the molecule is CC1(C)COCC(CNc2nc(-c3cc(NC(=O)CC4CCCNC4)ncc3Cl)ccc2F)O1. The summed E-state index contributed by atoms with van der Waals surface area (Å²) >= 11 is 6.37. The maximum atomic E-state index is 14.5. The molecule has 8 nitrogen and oxygen atoms in total. The average Bonchev–Trinajstić information content (AvgIpc) is 2.80. The Morgan fingerprint density at radius 3 is 3.00 bits per heavy atom. The zero-order valence-electron chi connectivity index (χ0n) is 19.5. The monoisotopic (exact) mass is 491 g/mol. The van der Waals surface area contributed by atoms with E-state index in [1.165, 1.54) is 12.3 Å². The predicted octanol–water partition coefficient (Wildman–Crippen LogP) is 3.87. The second-order valence-electron chi connectivity index (χ2n) is 9.44. The van der Waals surface area contributed by atoms with Crippen molar-refractivity contribution in [2.75, 3.05) is 43.5 Å². The molecular formula is C24H31ClFN5O3. The standard InChI is InChI=1S/C24H31ClFN5O3/c1-24(2)14-33-13-16(34-24)11-29-23-19(26)5-6-20(30-23)17-9-21(28-12-18(17)25)31-22(32)8-15-4-3-7-27-10-15/h5-6,9,12,15-16,27H,3-4,7-8,10-11,13-14H2,1-2H3,(H,29,30)(H,28,31,32). The summed E-state index contributed by atoms with van der Waals surface area (Å²) in [7, 11) is 0. The third kappa shape index (κ3) is 6.63. The molecule has 0 spiro atoms. The molecule has 2 aromatic rings. The van der Waals surface area contributed by atoms with Gasteiger partial charge in [0.1, 0.15) is 5.82 Å². The summed E-state index contributed by atoms with van der Waals surface area (Å²) in [6, 6.07) is 4.53. The summed E-state index contributed by atoms with van der Waals surface area (Å²) in [5.41, 5.74) is 0.620. The number of rotatable bonds is 7. The van der Waals surface area contributed by atoms with Crippen LogP contribution in [-0.4, -0.2) is 60.4 Å². The number of nitrogens with zero attached hydrogens (tertiary/aromatic N) is 2. The zero-order valence-corrected chi connectivity index (χ0v) is 20.3. The van der Waals surface area contributed by atoms with E-state index in [2.05, 4.69) is 25.9 Å². The van der Waals surface area contributed by atoms with Gasteiger partial charge in [0.25, 0.3) is 0 Å². The van der Waals surface area contributed by atoms with E-state index in [9.17, 15) is 9.18 Å². The number of carbonyl (C=O) groups excluding carboxylic acids is 1. The number of pyridine rings is 2. The second-order valence-corrected chi connectivity index (χ2v) is 9.84. The maximum Gasteiger partial charge on any atom is 0.225 e. The highest BCUT2D eigenvalue weighted by Crippen LogP contribution is 2.30. The summed E-state index contributed by atoms with van der Waals surface area (Å²) in [5.74, 6) is 0.203. The molecule has 0 bridgehead atoms. The van der Waals surface area contributed by atoms with Crippen molar-refractivity contribution in [3.8, 4) is 11.3 Å². The van der Waals surface area contributed by atoms with Crippen LogP contribution >= 0.6 is 11.6 Å². The highest BCUT2D eigenvalue weighted by Gasteiger charge is 2.29. The summed E-state index contributed by atoms with van der Waals surface area (Å²) in [6.45, 7) is 7.03. The van der Waals surface area contributed by atoms with Crippen LogP contribution in [0.4, 0.5) is 16.0 Å². The summed E-state index contributed by atoms with van der Waals surface area (Å²) in [4.78, 5) is 21.1. The van der Waals surface area contributed by atoms with Crippen molar-refractivity contribution in [3.63, 3.8) is 0 Å². The van der Waals surface area contributed by atoms with Crippen LogP contribution in [0.3, 0.4) is 0 Å². The molecule has 34 heavy (non-hydrogen) atoms. The molecule has 4 heterocycles. The van der Waals surface area contributed by atoms with Crippen LogP contribution in [0.25, 0.3) is 11.3 Å². The highest BCUT2D eigenvalue weighted by atomic mass is 35.5. The third-order valence-corrected chi connectivity index (χ3v) is 6.16. The number of aromatic nitrogens is 2. The summed E-state index contributed by atoms with van der Waals surface area (Å²) < 4.78 is 26.0. The molecule has 0 aliphatic carbocycles. The number of halogens is 2. The average molecular weight is 492 g/mol. The fourth-order valence-electron chi connectivity index (χ4n) is 4.24. The minimum Gasteiger partial charge on any atom is -0.376 e. The van der Waals surface area contributed by atoms with Gasteiger partial charge in [0, 0.05) is 24.7 Å². The fraction of sp³-hybridized carbons (Fsp3) is 0.542. The first kappa shape index (κ1) is 24.8. The largest absolute Gasteiger partial charge is 0.376 e. The van der Waals surface area contributed by atoms with Gasteiger partial charge in [-0.2, -0.15) is 0 Å². The summed E-state index contributed by atoms with van der Waals surface area (Å²) in [5, 5.41) is 9.53. The number of hydrogen-bond acceptors (Lipinski definition) is 7. The lowest BCUT2D eigenvalue weighted by molar-refractivity contribution is -0.177. The number of carbonyl (C=O) groups is 1. The fourth-order valence-corrected chi connectivity index (χ4v) is 4.44. The van der Waals surface area contributed by atoms with Crippen LogP contribution in [-0.2, 0) is 14.3 Å². The smallest absolute Gasteiger partial charge is 0.225 e. The molecule has 1 amide bonds. The Kier molecular flexibility index (Phi) is 7.98. The van der Waals surface area contributed by atoms with E-state index in [0.717, 1.165) is 25.9 Å². The van der Waals surface area contributed by atoms with Gasteiger partial charge in [0.15, 0.2) is 11.6 Å². The van der Waals surface area contributed by atoms with Crippen LogP contribution in [0.5, 0.6) is 0 Å². The lowest BCUT2D eigenvalue weighted by atomic mass is 9.96. The Bertz CT molecular complexity index is 1020. The molecule has 2 unspecified atom stereocenters. The highest BCUT2D eigenvalue weighted by molar-refractivity contribution is 6.33. The second kappa shape index (κ2) is 10.9. The van der Waals surface area contributed by atoms with Crippen LogP contribution in [0.2, 0.25) is 5.02 Å². The van der Waals surface area contributed by atoms with Gasteiger partial charge in [-0.15, -0.1) is 0 Å². The molecule has 0 radical (unpaired) electrons. The molecule has 184 valence electrons. The Balaban J connectivity index is 1.44. The maximum absolute atomic E-state index is 14.5. The van der Waals surface area contributed by atoms with Crippen LogP contribution in [0, 0.1) is 11.7 Å². The van der Waals surface area contributed by atoms with Crippen molar-refractivity contribution in [1.82, 2.24) is 15.3 Å². The third-order valence-electron chi connectivity index (χ3n) is 5.85. The van der Waals surface area contributed by atoms with Crippen molar-refractivity contribution in [2.24, 2.45) is 5.92 Å². The number of piperidine rings is 1. The number of amides is 1. The molecule has 2 atom stereocenters. The van der Waals surface area contributed by atoms with E-state index in [0.29, 0.717) is 54.2 Å². The molecule has 10 heteroatoms. The molecule has 2 aliphatic rings. The van der Waals surface area contributed by atoms with Gasteiger partial charge in [-0.3, -0.25) is 4.79 Å². The number of hydrogen-bond donors (Lipinski definition) is 3. The Morgan fingerprint density at radius 1 is 1.38 bits per heavy atom. The molecule has 0 saturated carbocycles. The molecule has 3 N–H and O–H groups in total. The minimum absolute atomic E-state index is 0.0905. The van der Waals surface area contributed by atoms with Crippen LogP contribution in [0.1, 0.15) is 33.1 Å². The molecule has 2 aromatic heterocycles. The van der Waals surface area contributed by atoms with E-state index in [1.807, 2.05) is 13.8 Å². The molecule has 4 rings (SSSR count). The Morgan fingerprint density at radius 2 is 2.24 bits per heavy atom. The summed E-state index contributed by atoms with van der Waals surface area (Å²) in [6.07, 6.45) is 3.77. The van der Waals surface area contributed by atoms with Gasteiger partial charge >= 0.3 is 0 Å². The number of ether oxygens (including phenoxy) is 2. The van der Waals surface area contributed by atoms with E-state index in [1.54, 1.807) is 12.1 Å². The van der Waals surface area contributed by atoms with Crippen molar-refractivity contribution >= 4 is 29.1 Å². The van der Waals surface area contributed by atoms with Gasteiger partial charge in [-0.05, 0) is 63.9 Å². The van der Waals surface area contributed by atoms with E-state index in [4.69, 9.17) is 21.1 Å². The van der Waals surface area contributed by atoms with Crippen molar-refractivity contribution < 1.29 is 18.7 Å². The number of anilines is 2. The first-order valence-corrected chi connectivity index (χ1v) is 12.0. The molecule has 0 aromatic carbocycles. The predicted molar refractivity (Wildman–Crippen MR) is 130 cm³/mol.